The van der Waals surface area contributed by atoms with Gasteiger partial charge in [-0.15, -0.1) is 0 Å². The van der Waals surface area contributed by atoms with Crippen LogP contribution in [0.3, 0.4) is 0 Å². The standard InChI is InChI=1S/C33H35ClN6O5/c1-5-30(41)39-27-16-24-26(17-29(27)44-19-23-10-8-14-40(23)32(42)45-33(2,3)4)36-20-37-31(24)38-21-11-12-28(25(34)15-21)43-18-22-9-6-7-13-35-22/h5-7,9,11-13,15-17,20,23H,1,8,10,14,18-19H2,2-4H3,(H,39,41)(H,36,37,38). The first kappa shape index (κ1) is 31.5. The number of hydrogen-bond acceptors (Lipinski definition) is 9. The summed E-state index contributed by atoms with van der Waals surface area (Å²) in [6, 6.07) is 14.2. The molecule has 234 valence electrons. The maximum absolute atomic E-state index is 12.8. The second-order valence-electron chi connectivity index (χ2n) is 11.4. The number of hydrogen-bond donors (Lipinski definition) is 2. The van der Waals surface area contributed by atoms with Crippen LogP contribution in [0.15, 0.2) is 73.7 Å². The number of amides is 2. The van der Waals surface area contributed by atoms with Crippen molar-refractivity contribution in [3.8, 4) is 11.5 Å². The van der Waals surface area contributed by atoms with Crippen molar-refractivity contribution in [2.24, 2.45) is 0 Å². The molecule has 3 heterocycles. The molecule has 2 aromatic carbocycles. The van der Waals surface area contributed by atoms with E-state index in [0.29, 0.717) is 51.2 Å². The molecule has 1 unspecified atom stereocenters. The van der Waals surface area contributed by atoms with Gasteiger partial charge in [-0.1, -0.05) is 24.2 Å². The van der Waals surface area contributed by atoms with Crippen LogP contribution in [-0.2, 0) is 16.1 Å². The van der Waals surface area contributed by atoms with E-state index in [1.807, 2.05) is 45.0 Å². The minimum Gasteiger partial charge on any atom is -0.489 e. The molecule has 2 amide bonds. The Balaban J connectivity index is 1.35. The van der Waals surface area contributed by atoms with Crippen LogP contribution in [0.2, 0.25) is 5.02 Å². The first-order valence-corrected chi connectivity index (χ1v) is 14.9. The molecule has 12 heteroatoms. The number of ether oxygens (including phenoxy) is 3. The number of halogens is 1. The molecule has 1 aliphatic heterocycles. The third kappa shape index (κ3) is 8.18. The average molecular weight is 631 g/mol. The lowest BCUT2D eigenvalue weighted by Gasteiger charge is -2.28. The van der Waals surface area contributed by atoms with E-state index in [0.717, 1.165) is 18.5 Å². The van der Waals surface area contributed by atoms with Gasteiger partial charge in [-0.25, -0.2) is 14.8 Å². The highest BCUT2D eigenvalue weighted by molar-refractivity contribution is 6.32. The predicted molar refractivity (Wildman–Crippen MR) is 173 cm³/mol. The molecular formula is C33H35ClN6O5. The monoisotopic (exact) mass is 630 g/mol. The van der Waals surface area contributed by atoms with Crippen LogP contribution in [0.1, 0.15) is 39.3 Å². The first-order chi connectivity index (χ1) is 21.6. The van der Waals surface area contributed by atoms with Gasteiger partial charge in [-0.3, -0.25) is 9.78 Å². The van der Waals surface area contributed by atoms with Crippen LogP contribution >= 0.6 is 11.6 Å². The highest BCUT2D eigenvalue weighted by Gasteiger charge is 2.33. The number of likely N-dealkylation sites (tertiary alicyclic amines) is 1. The van der Waals surface area contributed by atoms with E-state index in [1.165, 1.54) is 12.4 Å². The lowest BCUT2D eigenvalue weighted by atomic mass is 10.1. The summed E-state index contributed by atoms with van der Waals surface area (Å²) in [5.74, 6) is 1.00. The Kier molecular flexibility index (Phi) is 9.68. The lowest BCUT2D eigenvalue weighted by molar-refractivity contribution is -0.111. The van der Waals surface area contributed by atoms with Gasteiger partial charge >= 0.3 is 6.09 Å². The number of carbonyl (C=O) groups is 2. The van der Waals surface area contributed by atoms with E-state index in [1.54, 1.807) is 35.4 Å². The minimum atomic E-state index is -0.599. The number of nitrogens with zero attached hydrogens (tertiary/aromatic N) is 4. The summed E-state index contributed by atoms with van der Waals surface area (Å²) in [7, 11) is 0. The van der Waals surface area contributed by atoms with Gasteiger partial charge in [0.05, 0.1) is 28.0 Å². The maximum atomic E-state index is 12.8. The quantitative estimate of drug-likeness (QED) is 0.180. The number of rotatable bonds is 10. The molecule has 1 saturated heterocycles. The SMILES string of the molecule is C=CC(=O)Nc1cc2c(Nc3ccc(OCc4ccccn4)c(Cl)c3)ncnc2cc1OCC1CCCN1C(=O)OC(C)(C)C. The Morgan fingerprint density at radius 1 is 1.09 bits per heavy atom. The molecule has 2 aromatic heterocycles. The largest absolute Gasteiger partial charge is 0.489 e. The van der Waals surface area contributed by atoms with Gasteiger partial charge in [-0.05, 0) is 76.1 Å². The average Bonchev–Trinajstić information content (AvgIpc) is 3.48. The zero-order valence-electron chi connectivity index (χ0n) is 25.4. The Bertz CT molecular complexity index is 1690. The number of nitrogens with one attached hydrogen (secondary N) is 2. The number of benzene rings is 2. The molecule has 0 bridgehead atoms. The van der Waals surface area contributed by atoms with E-state index in [2.05, 4.69) is 32.2 Å². The van der Waals surface area contributed by atoms with Crippen LogP contribution in [0.4, 0.5) is 22.0 Å². The van der Waals surface area contributed by atoms with Crippen molar-refractivity contribution >= 4 is 51.7 Å². The van der Waals surface area contributed by atoms with Crippen molar-refractivity contribution in [2.45, 2.75) is 51.9 Å². The number of aromatic nitrogens is 3. The summed E-state index contributed by atoms with van der Waals surface area (Å²) in [6.07, 6.45) is 5.56. The van der Waals surface area contributed by atoms with Gasteiger partial charge in [0.25, 0.3) is 0 Å². The van der Waals surface area contributed by atoms with Crippen molar-refractivity contribution in [2.75, 3.05) is 23.8 Å². The van der Waals surface area contributed by atoms with E-state index < -0.39 is 11.5 Å². The van der Waals surface area contributed by atoms with Gasteiger partial charge in [0.2, 0.25) is 5.91 Å². The molecule has 4 aromatic rings. The van der Waals surface area contributed by atoms with Gasteiger partial charge in [-0.2, -0.15) is 0 Å². The van der Waals surface area contributed by atoms with E-state index in [-0.39, 0.29) is 25.3 Å². The van der Waals surface area contributed by atoms with Gasteiger partial charge in [0, 0.05) is 29.9 Å². The highest BCUT2D eigenvalue weighted by atomic mass is 35.5. The molecule has 0 radical (unpaired) electrons. The molecule has 1 atom stereocenters. The molecule has 2 N–H and O–H groups in total. The second kappa shape index (κ2) is 13.8. The smallest absolute Gasteiger partial charge is 0.410 e. The van der Waals surface area contributed by atoms with Crippen molar-refractivity contribution < 1.29 is 23.8 Å². The summed E-state index contributed by atoms with van der Waals surface area (Å²) in [6.45, 7) is 10.2. The topological polar surface area (TPSA) is 128 Å². The molecule has 5 rings (SSSR count). The fourth-order valence-electron chi connectivity index (χ4n) is 4.81. The lowest BCUT2D eigenvalue weighted by Crippen LogP contribution is -2.42. The van der Waals surface area contributed by atoms with Gasteiger partial charge in [0.1, 0.15) is 42.5 Å². The van der Waals surface area contributed by atoms with Crippen molar-refractivity contribution in [1.82, 2.24) is 19.9 Å². The Morgan fingerprint density at radius 2 is 1.93 bits per heavy atom. The molecule has 0 spiro atoms. The molecule has 0 aliphatic carbocycles. The van der Waals surface area contributed by atoms with Crippen LogP contribution in [0.25, 0.3) is 10.9 Å². The van der Waals surface area contributed by atoms with Crippen LogP contribution in [-0.4, -0.2) is 56.6 Å². The summed E-state index contributed by atoms with van der Waals surface area (Å²) in [5.41, 5.74) is 1.85. The van der Waals surface area contributed by atoms with Crippen LogP contribution in [0, 0.1) is 0 Å². The molecule has 1 fully saturated rings. The first-order valence-electron chi connectivity index (χ1n) is 14.5. The molecule has 1 aliphatic rings. The summed E-state index contributed by atoms with van der Waals surface area (Å²) < 4.78 is 17.6. The third-order valence-electron chi connectivity index (χ3n) is 6.91. The molecular weight excluding hydrogens is 596 g/mol. The van der Waals surface area contributed by atoms with Crippen molar-refractivity contribution in [3.05, 3.63) is 84.4 Å². The van der Waals surface area contributed by atoms with E-state index in [4.69, 9.17) is 25.8 Å². The van der Waals surface area contributed by atoms with E-state index >= 15 is 0 Å². The fraction of sp³-hybridized carbons (Fsp3) is 0.303. The molecule has 11 nitrogen and oxygen atoms in total. The highest BCUT2D eigenvalue weighted by Crippen LogP contribution is 2.35. The summed E-state index contributed by atoms with van der Waals surface area (Å²) in [4.78, 5) is 39.9. The minimum absolute atomic E-state index is 0.179. The third-order valence-corrected chi connectivity index (χ3v) is 7.21. The zero-order chi connectivity index (χ0) is 32.0. The van der Waals surface area contributed by atoms with E-state index in [9.17, 15) is 9.59 Å². The van der Waals surface area contributed by atoms with Crippen LogP contribution in [0.5, 0.6) is 11.5 Å². The molecule has 0 saturated carbocycles. The van der Waals surface area contributed by atoms with Crippen molar-refractivity contribution in [3.63, 3.8) is 0 Å². The van der Waals surface area contributed by atoms with Gasteiger partial charge < -0.3 is 29.7 Å². The maximum Gasteiger partial charge on any atom is 0.410 e. The fourth-order valence-corrected chi connectivity index (χ4v) is 5.04. The van der Waals surface area contributed by atoms with Gasteiger partial charge in [0.15, 0.2) is 0 Å². The zero-order valence-corrected chi connectivity index (χ0v) is 26.1. The Morgan fingerprint density at radius 3 is 2.67 bits per heavy atom. The Hall–Kier alpha value is -4.90. The number of carbonyl (C=O) groups excluding carboxylic acids is 2. The predicted octanol–water partition coefficient (Wildman–Crippen LogP) is 6.90. The summed E-state index contributed by atoms with van der Waals surface area (Å²) >= 11 is 6.53. The number of fused-ring (bicyclic) bond motifs is 1. The number of pyridine rings is 1. The summed E-state index contributed by atoms with van der Waals surface area (Å²) in [5, 5.41) is 7.14. The number of anilines is 3. The van der Waals surface area contributed by atoms with Crippen molar-refractivity contribution in [1.29, 1.82) is 0 Å². The van der Waals surface area contributed by atoms with Crippen LogP contribution < -0.4 is 20.1 Å². The Labute approximate surface area is 266 Å². The normalized spacial score (nSPS) is 14.6. The second-order valence-corrected chi connectivity index (χ2v) is 11.8. The molecule has 45 heavy (non-hydrogen) atoms.